The maximum absolute atomic E-state index is 15.0. The van der Waals surface area contributed by atoms with Crippen LogP contribution >= 0.6 is 21.6 Å². The summed E-state index contributed by atoms with van der Waals surface area (Å²) in [7, 11) is 3.65. The van der Waals surface area contributed by atoms with Gasteiger partial charge < -0.3 is 19.9 Å². The first-order valence-corrected chi connectivity index (χ1v) is 25.7. The summed E-state index contributed by atoms with van der Waals surface area (Å²) in [5.74, 6) is 3.22. The van der Waals surface area contributed by atoms with E-state index >= 15 is 0 Å². The lowest BCUT2D eigenvalue weighted by Gasteiger charge is -2.57. The zero-order valence-corrected chi connectivity index (χ0v) is 37.0. The molecule has 61 heavy (non-hydrogen) atoms. The zero-order valence-electron chi connectivity index (χ0n) is 35.3. The van der Waals surface area contributed by atoms with E-state index in [-0.39, 0.29) is 60.1 Å². The lowest BCUT2D eigenvalue weighted by atomic mass is 9.43. The fraction of sp³-hybridized carbons (Fsp3) is 0.612. The Morgan fingerprint density at radius 2 is 1.77 bits per heavy atom. The first-order chi connectivity index (χ1) is 29.7. The van der Waals surface area contributed by atoms with Gasteiger partial charge in [0.2, 0.25) is 0 Å². The molecule has 6 aliphatic carbocycles. The van der Waals surface area contributed by atoms with Crippen molar-refractivity contribution in [2.75, 3.05) is 30.1 Å². The number of aromatic nitrogens is 1. The van der Waals surface area contributed by atoms with Crippen LogP contribution in [0.2, 0.25) is 0 Å². The summed E-state index contributed by atoms with van der Waals surface area (Å²) >= 11 is 0. The molecule has 1 saturated heterocycles. The Bertz CT molecular complexity index is 2130. The SMILES string of the molecule is CCC1(/C=C2\OC(=O)C3=C2CC[C@H]2[C@@H]4CC[C@@]5(C6=C4[C@@H](CN4C(=O)C=CC4=O)c4ccnc(c4)NCSSC[C@H](C4CCC(CCCO)CC4)C/C=C\5OC6=O)[C@@H]32)CCCC1. The number of carbonyl (C=O) groups is 4. The van der Waals surface area contributed by atoms with Gasteiger partial charge in [-0.25, -0.2) is 14.6 Å². The van der Waals surface area contributed by atoms with Crippen molar-refractivity contribution in [2.45, 2.75) is 116 Å². The topological polar surface area (TPSA) is 135 Å². The zero-order chi connectivity index (χ0) is 41.9. The maximum atomic E-state index is 15.0. The first-order valence-electron chi connectivity index (χ1n) is 23.2. The van der Waals surface area contributed by atoms with E-state index in [1.54, 1.807) is 17.0 Å². The first kappa shape index (κ1) is 41.4. The smallest absolute Gasteiger partial charge is 0.340 e. The standard InChI is InChI=1S/C49H59N3O7S2/c1-2-48(19-3-4-20-48)25-37-35-13-12-34-33-17-21-49(44(34)43(35)46(56)58-37)38-14-11-32(30-9-7-29(8-10-30)6-5-23-53)27-60-61-28-51-39-24-31(18-22-50-39)36(42(33)45(49)47(57)59-38)26-52-40(54)15-16-41(52)55/h14-16,18,22,24-25,29-30,32-34,36,44,53H,2-13,17,19-21,23,26-28H2,1H3,(H,50,51)/b37-25-,38-14+/t29?,30?,32-,33+,34+,36+,44-,49+/m1/s1. The molecule has 3 saturated carbocycles. The molecule has 0 aromatic carbocycles. The van der Waals surface area contributed by atoms with Crippen molar-refractivity contribution in [1.29, 1.82) is 0 Å². The van der Waals surface area contributed by atoms with Crippen LogP contribution in [-0.4, -0.2) is 63.5 Å². The van der Waals surface area contributed by atoms with E-state index in [1.807, 2.05) is 22.9 Å². The largest absolute Gasteiger partial charge is 0.427 e. The number of hydrogen-bond acceptors (Lipinski definition) is 11. The van der Waals surface area contributed by atoms with Gasteiger partial charge in [0.05, 0.1) is 16.9 Å². The van der Waals surface area contributed by atoms with Crippen molar-refractivity contribution >= 4 is 51.2 Å². The fourth-order valence-corrected chi connectivity index (χ4v) is 15.7. The maximum Gasteiger partial charge on any atom is 0.340 e. The van der Waals surface area contributed by atoms with Crippen molar-refractivity contribution in [3.05, 3.63) is 82.0 Å². The Kier molecular flexibility index (Phi) is 11.4. The lowest BCUT2D eigenvalue weighted by molar-refractivity contribution is -0.137. The number of nitrogens with one attached hydrogen (secondary N) is 1. The summed E-state index contributed by atoms with van der Waals surface area (Å²) in [6.07, 6.45) is 25.0. The van der Waals surface area contributed by atoms with Crippen LogP contribution in [0.3, 0.4) is 0 Å². The van der Waals surface area contributed by atoms with Gasteiger partial charge in [-0.05, 0) is 147 Å². The van der Waals surface area contributed by atoms with Crippen molar-refractivity contribution < 1.29 is 33.8 Å². The van der Waals surface area contributed by atoms with Crippen LogP contribution in [0.15, 0.2) is 76.4 Å². The number of ether oxygens (including phenoxy) is 2. The van der Waals surface area contributed by atoms with Gasteiger partial charge >= 0.3 is 11.9 Å². The summed E-state index contributed by atoms with van der Waals surface area (Å²) in [5.41, 5.74) is 3.42. The number of nitrogens with zero attached hydrogens (tertiary/aromatic N) is 2. The summed E-state index contributed by atoms with van der Waals surface area (Å²) in [6, 6.07) is 3.98. The van der Waals surface area contributed by atoms with E-state index in [0.717, 1.165) is 104 Å². The number of rotatable bonds is 8. The molecule has 4 fully saturated rings. The van der Waals surface area contributed by atoms with Crippen LogP contribution in [0.25, 0.3) is 0 Å². The second kappa shape index (κ2) is 16.8. The minimum atomic E-state index is -0.869. The van der Waals surface area contributed by atoms with Crippen LogP contribution in [0.5, 0.6) is 0 Å². The van der Waals surface area contributed by atoms with Crippen LogP contribution in [0.1, 0.15) is 121 Å². The number of aliphatic hydroxyl groups excluding tert-OH is 1. The Balaban J connectivity index is 1.13. The van der Waals surface area contributed by atoms with E-state index in [9.17, 15) is 24.3 Å². The lowest BCUT2D eigenvalue weighted by Crippen LogP contribution is -2.53. The average Bonchev–Trinajstić information content (AvgIpc) is 4.04. The normalized spacial score (nSPS) is 35.9. The molecule has 1 spiro atoms. The Labute approximate surface area is 367 Å². The molecule has 2 N–H and O–H groups in total. The predicted octanol–water partition coefficient (Wildman–Crippen LogP) is 9.32. The van der Waals surface area contributed by atoms with Gasteiger partial charge in [0.1, 0.15) is 17.3 Å². The Hall–Kier alpha value is -3.61. The van der Waals surface area contributed by atoms with Crippen LogP contribution in [0, 0.1) is 46.3 Å². The number of anilines is 1. The predicted molar refractivity (Wildman–Crippen MR) is 236 cm³/mol. The van der Waals surface area contributed by atoms with E-state index < -0.39 is 11.3 Å². The number of imide groups is 1. The number of hydrogen-bond donors (Lipinski definition) is 2. The number of aliphatic hydroxyl groups is 1. The number of pyridine rings is 1. The Morgan fingerprint density at radius 1 is 0.967 bits per heavy atom. The number of allylic oxidation sites excluding steroid dienone is 4. The molecule has 10 nitrogen and oxygen atoms in total. The van der Waals surface area contributed by atoms with Gasteiger partial charge in [-0.2, -0.15) is 0 Å². The van der Waals surface area contributed by atoms with Crippen LogP contribution in [0.4, 0.5) is 5.82 Å². The van der Waals surface area contributed by atoms with Gasteiger partial charge in [0, 0.05) is 60.2 Å². The van der Waals surface area contributed by atoms with Gasteiger partial charge in [0.15, 0.2) is 0 Å². The molecule has 5 heterocycles. The third-order valence-corrected chi connectivity index (χ3v) is 18.8. The monoisotopic (exact) mass is 865 g/mol. The molecule has 6 atom stereocenters. The minimum absolute atomic E-state index is 0.0329. The second-order valence-electron chi connectivity index (χ2n) is 19.3. The summed E-state index contributed by atoms with van der Waals surface area (Å²) in [6.45, 7) is 2.59. The number of fused-ring (bicyclic) bond motifs is 3. The summed E-state index contributed by atoms with van der Waals surface area (Å²) < 4.78 is 13.0. The molecule has 0 unspecified atom stereocenters. The average molecular weight is 866 g/mol. The van der Waals surface area contributed by atoms with Gasteiger partial charge in [-0.15, -0.1) is 0 Å². The quantitative estimate of drug-likeness (QED) is 0.147. The molecule has 7 bridgehead atoms. The molecule has 1 aromatic rings. The number of cyclic esters (lactones) is 1. The third-order valence-electron chi connectivity index (χ3n) is 16.6. The Morgan fingerprint density at radius 3 is 2.54 bits per heavy atom. The van der Waals surface area contributed by atoms with Gasteiger partial charge in [0.25, 0.3) is 11.8 Å². The highest BCUT2D eigenvalue weighted by atomic mass is 33.1. The molecule has 4 aliphatic heterocycles. The molecule has 1 aromatic heterocycles. The number of esters is 2. The summed E-state index contributed by atoms with van der Waals surface area (Å²) in [5, 5.41) is 13.0. The van der Waals surface area contributed by atoms with Crippen molar-refractivity contribution in [1.82, 2.24) is 9.88 Å². The van der Waals surface area contributed by atoms with E-state index in [0.29, 0.717) is 47.2 Å². The van der Waals surface area contributed by atoms with E-state index in [2.05, 4.69) is 24.4 Å². The van der Waals surface area contributed by atoms with Crippen molar-refractivity contribution in [3.63, 3.8) is 0 Å². The molecule has 0 radical (unpaired) electrons. The highest BCUT2D eigenvalue weighted by molar-refractivity contribution is 8.76. The van der Waals surface area contributed by atoms with E-state index in [1.165, 1.54) is 42.7 Å². The fourth-order valence-electron chi connectivity index (χ4n) is 13.5. The molecular weight excluding hydrogens is 807 g/mol. The van der Waals surface area contributed by atoms with Crippen molar-refractivity contribution in [2.24, 2.45) is 46.3 Å². The second-order valence-corrected chi connectivity index (χ2v) is 21.8. The third kappa shape index (κ3) is 7.18. The number of amides is 2. The number of carbonyl (C=O) groups excluding carboxylic acids is 4. The minimum Gasteiger partial charge on any atom is -0.427 e. The molecule has 10 aliphatic rings. The molecule has 324 valence electrons. The molecule has 11 rings (SSSR count). The van der Waals surface area contributed by atoms with E-state index in [4.69, 9.17) is 14.5 Å². The molecule has 2 amide bonds. The molecule has 12 heteroatoms. The van der Waals surface area contributed by atoms with Gasteiger partial charge in [-0.3, -0.25) is 14.5 Å². The van der Waals surface area contributed by atoms with Crippen molar-refractivity contribution in [3.8, 4) is 0 Å². The highest BCUT2D eigenvalue weighted by Crippen LogP contribution is 2.72. The highest BCUT2D eigenvalue weighted by Gasteiger charge is 2.69. The van der Waals surface area contributed by atoms with Crippen LogP contribution < -0.4 is 5.32 Å². The summed E-state index contributed by atoms with van der Waals surface area (Å²) in [4.78, 5) is 62.1. The van der Waals surface area contributed by atoms with Crippen LogP contribution in [-0.2, 0) is 28.7 Å². The molecular formula is C49H59N3O7S2. The van der Waals surface area contributed by atoms with Gasteiger partial charge in [-0.1, -0.05) is 54.2 Å².